The van der Waals surface area contributed by atoms with E-state index in [9.17, 15) is 8.42 Å². The number of rotatable bonds is 3. The third-order valence-electron chi connectivity index (χ3n) is 1.43. The highest BCUT2D eigenvalue weighted by atomic mass is 32.2. The van der Waals surface area contributed by atoms with Crippen molar-refractivity contribution < 1.29 is 13.2 Å². The van der Waals surface area contributed by atoms with Gasteiger partial charge in [-0.05, 0) is 13.8 Å². The third kappa shape index (κ3) is 2.66. The van der Waals surface area contributed by atoms with Gasteiger partial charge in [-0.2, -0.15) is 4.98 Å². The first kappa shape index (κ1) is 10.9. The molecule has 0 amide bonds. The number of hydrogen-bond acceptors (Lipinski definition) is 5. The van der Waals surface area contributed by atoms with Crippen LogP contribution in [0, 0.1) is 6.92 Å². The van der Waals surface area contributed by atoms with Crippen LogP contribution in [0.1, 0.15) is 12.6 Å². The van der Waals surface area contributed by atoms with E-state index in [0.717, 1.165) is 6.26 Å². The molecule has 0 atom stereocenters. The zero-order valence-corrected chi connectivity index (χ0v) is 9.13. The van der Waals surface area contributed by atoms with Crippen molar-refractivity contribution in [2.45, 2.75) is 19.0 Å². The van der Waals surface area contributed by atoms with Gasteiger partial charge in [-0.1, -0.05) is 0 Å². The molecule has 0 aliphatic heterocycles. The highest BCUT2D eigenvalue weighted by Gasteiger charge is 2.13. The Morgan fingerprint density at radius 2 is 2.07 bits per heavy atom. The van der Waals surface area contributed by atoms with Crippen molar-refractivity contribution in [1.29, 1.82) is 0 Å². The number of sulfone groups is 1. The second-order valence-corrected chi connectivity index (χ2v) is 4.74. The molecule has 1 rings (SSSR count). The Kier molecular flexibility index (Phi) is 3.05. The Hall–Kier alpha value is -1.17. The van der Waals surface area contributed by atoms with Gasteiger partial charge in [0.05, 0.1) is 6.61 Å². The topological polar surface area (TPSA) is 69.2 Å². The highest BCUT2D eigenvalue weighted by Crippen LogP contribution is 2.11. The summed E-state index contributed by atoms with van der Waals surface area (Å²) in [5.74, 6) is 0.292. The Morgan fingerprint density at radius 1 is 1.43 bits per heavy atom. The van der Waals surface area contributed by atoms with E-state index in [1.54, 1.807) is 19.9 Å². The minimum atomic E-state index is -3.37. The quantitative estimate of drug-likeness (QED) is 0.691. The van der Waals surface area contributed by atoms with Crippen LogP contribution in [0.5, 0.6) is 5.88 Å². The lowest BCUT2D eigenvalue weighted by Gasteiger charge is -2.04. The second kappa shape index (κ2) is 3.91. The Bertz CT molecular complexity index is 428. The zero-order chi connectivity index (χ0) is 10.8. The SMILES string of the molecule is CCOc1cc(C)nc(S(C)(=O)=O)n1. The second-order valence-electron chi connectivity index (χ2n) is 2.84. The molecule has 0 fully saturated rings. The minimum absolute atomic E-state index is 0.194. The largest absolute Gasteiger partial charge is 0.478 e. The van der Waals surface area contributed by atoms with Crippen molar-refractivity contribution in [3.63, 3.8) is 0 Å². The lowest BCUT2D eigenvalue weighted by Crippen LogP contribution is -2.07. The first-order valence-electron chi connectivity index (χ1n) is 4.12. The van der Waals surface area contributed by atoms with Gasteiger partial charge in [0.15, 0.2) is 0 Å². The summed E-state index contributed by atoms with van der Waals surface area (Å²) in [6.07, 6.45) is 1.07. The van der Waals surface area contributed by atoms with Gasteiger partial charge in [0.1, 0.15) is 0 Å². The van der Waals surface area contributed by atoms with Gasteiger partial charge < -0.3 is 4.74 Å². The number of nitrogens with zero attached hydrogens (tertiary/aromatic N) is 2. The van der Waals surface area contributed by atoms with Crippen LogP contribution < -0.4 is 4.74 Å². The van der Waals surface area contributed by atoms with E-state index in [4.69, 9.17) is 4.74 Å². The van der Waals surface area contributed by atoms with Crippen molar-refractivity contribution in [3.8, 4) is 5.88 Å². The normalized spacial score (nSPS) is 11.4. The van der Waals surface area contributed by atoms with Crippen molar-refractivity contribution in [1.82, 2.24) is 9.97 Å². The Morgan fingerprint density at radius 3 is 2.57 bits per heavy atom. The predicted molar refractivity (Wildman–Crippen MR) is 51.0 cm³/mol. The maximum absolute atomic E-state index is 11.2. The number of aryl methyl sites for hydroxylation is 1. The minimum Gasteiger partial charge on any atom is -0.478 e. The first-order valence-corrected chi connectivity index (χ1v) is 6.01. The summed E-state index contributed by atoms with van der Waals surface area (Å²) >= 11 is 0. The van der Waals surface area contributed by atoms with Crippen molar-refractivity contribution in [2.24, 2.45) is 0 Å². The average Bonchev–Trinajstić information content (AvgIpc) is 2.02. The fourth-order valence-electron chi connectivity index (χ4n) is 0.901. The van der Waals surface area contributed by atoms with Gasteiger partial charge in [0.25, 0.3) is 0 Å². The van der Waals surface area contributed by atoms with Gasteiger partial charge in [0.2, 0.25) is 20.9 Å². The zero-order valence-electron chi connectivity index (χ0n) is 8.31. The van der Waals surface area contributed by atoms with Crippen molar-refractivity contribution >= 4 is 9.84 Å². The molecule has 6 heteroatoms. The van der Waals surface area contributed by atoms with E-state index in [1.807, 2.05) is 0 Å². The summed E-state index contributed by atoms with van der Waals surface area (Å²) < 4.78 is 27.4. The van der Waals surface area contributed by atoms with Crippen molar-refractivity contribution in [3.05, 3.63) is 11.8 Å². The Balaban J connectivity index is 3.21. The first-order chi connectivity index (χ1) is 6.43. The summed E-state index contributed by atoms with van der Waals surface area (Å²) in [6, 6.07) is 1.60. The summed E-state index contributed by atoms with van der Waals surface area (Å²) in [5, 5.41) is -0.194. The van der Waals surface area contributed by atoms with Gasteiger partial charge in [-0.15, -0.1) is 0 Å². The summed E-state index contributed by atoms with van der Waals surface area (Å²) in [7, 11) is -3.37. The third-order valence-corrected chi connectivity index (χ3v) is 2.28. The summed E-state index contributed by atoms with van der Waals surface area (Å²) in [6.45, 7) is 3.94. The molecule has 0 saturated heterocycles. The molecular weight excluding hydrogens is 204 g/mol. The van der Waals surface area contributed by atoms with E-state index < -0.39 is 9.84 Å². The molecule has 0 unspecified atom stereocenters. The molecule has 1 aromatic heterocycles. The van der Waals surface area contributed by atoms with E-state index in [2.05, 4.69) is 9.97 Å². The van der Waals surface area contributed by atoms with Gasteiger partial charge in [-0.3, -0.25) is 0 Å². The molecule has 0 aliphatic rings. The van der Waals surface area contributed by atoms with Crippen LogP contribution in [0.25, 0.3) is 0 Å². The van der Waals surface area contributed by atoms with Crippen LogP contribution in [0.15, 0.2) is 11.2 Å². The standard InChI is InChI=1S/C8H12N2O3S/c1-4-13-7-5-6(2)9-8(10-7)14(3,11)12/h5H,4H2,1-3H3. The van der Waals surface area contributed by atoms with Crippen LogP contribution in [-0.2, 0) is 9.84 Å². The molecule has 0 aromatic carbocycles. The van der Waals surface area contributed by atoms with Crippen LogP contribution in [0.4, 0.5) is 0 Å². The molecule has 14 heavy (non-hydrogen) atoms. The molecule has 0 N–H and O–H groups in total. The number of aromatic nitrogens is 2. The molecule has 0 aliphatic carbocycles. The van der Waals surface area contributed by atoms with Crippen LogP contribution in [-0.4, -0.2) is 31.2 Å². The molecule has 0 bridgehead atoms. The smallest absolute Gasteiger partial charge is 0.250 e. The monoisotopic (exact) mass is 216 g/mol. The lowest BCUT2D eigenvalue weighted by molar-refractivity contribution is 0.322. The van der Waals surface area contributed by atoms with Crippen LogP contribution in [0.2, 0.25) is 0 Å². The maximum Gasteiger partial charge on any atom is 0.250 e. The maximum atomic E-state index is 11.2. The van der Waals surface area contributed by atoms with E-state index >= 15 is 0 Å². The number of ether oxygens (including phenoxy) is 1. The van der Waals surface area contributed by atoms with E-state index in [0.29, 0.717) is 18.2 Å². The van der Waals surface area contributed by atoms with E-state index in [1.165, 1.54) is 0 Å². The molecule has 1 aromatic rings. The molecule has 1 heterocycles. The number of hydrogen-bond donors (Lipinski definition) is 0. The fraction of sp³-hybridized carbons (Fsp3) is 0.500. The highest BCUT2D eigenvalue weighted by molar-refractivity contribution is 7.90. The molecule has 0 saturated carbocycles. The summed E-state index contributed by atoms with van der Waals surface area (Å²) in [5.41, 5.74) is 0.573. The average molecular weight is 216 g/mol. The van der Waals surface area contributed by atoms with Crippen molar-refractivity contribution in [2.75, 3.05) is 12.9 Å². The summed E-state index contributed by atoms with van der Waals surface area (Å²) in [4.78, 5) is 7.58. The van der Waals surface area contributed by atoms with E-state index in [-0.39, 0.29) is 5.16 Å². The fourth-order valence-corrected chi connectivity index (χ4v) is 1.47. The molecule has 5 nitrogen and oxygen atoms in total. The van der Waals surface area contributed by atoms with Gasteiger partial charge >= 0.3 is 0 Å². The van der Waals surface area contributed by atoms with Crippen LogP contribution in [0.3, 0.4) is 0 Å². The molecular formula is C8H12N2O3S. The predicted octanol–water partition coefficient (Wildman–Crippen LogP) is 0.587. The molecule has 0 spiro atoms. The lowest BCUT2D eigenvalue weighted by atomic mass is 10.4. The molecule has 78 valence electrons. The Labute approximate surface area is 83.1 Å². The van der Waals surface area contributed by atoms with Gasteiger partial charge in [0, 0.05) is 18.0 Å². The molecule has 0 radical (unpaired) electrons. The van der Waals surface area contributed by atoms with Gasteiger partial charge in [-0.25, -0.2) is 13.4 Å². The van der Waals surface area contributed by atoms with Crippen LogP contribution >= 0.6 is 0 Å².